The van der Waals surface area contributed by atoms with Gasteiger partial charge in [0.05, 0.1) is 25.3 Å². The third-order valence-electron chi connectivity index (χ3n) is 3.32. The number of aromatic nitrogens is 1. The lowest BCUT2D eigenvalue weighted by Crippen LogP contribution is -2.05. The topological polar surface area (TPSA) is 115 Å². The summed E-state index contributed by atoms with van der Waals surface area (Å²) in [7, 11) is 4.37. The molecule has 0 radical (unpaired) electrons. The number of rotatable bonds is 2. The zero-order chi connectivity index (χ0) is 21.8. The van der Waals surface area contributed by atoms with Crippen LogP contribution in [0.15, 0.2) is 64.8 Å². The van der Waals surface area contributed by atoms with Gasteiger partial charge >= 0.3 is 11.9 Å². The molecule has 1 aromatic heterocycles. The van der Waals surface area contributed by atoms with Gasteiger partial charge in [0.25, 0.3) is 5.56 Å². The SMILES string of the molecule is COC(=O)c1ccc(O)cc1.COC(=O)c1ccc(O)cc1.Cn1sccc1=O. The second-order valence-electron chi connectivity index (χ2n) is 5.32. The highest BCUT2D eigenvalue weighted by Gasteiger charge is 2.03. The molecule has 0 aliphatic rings. The number of carbonyl (C=O) groups is 2. The van der Waals surface area contributed by atoms with Crippen LogP contribution in [0, 0.1) is 0 Å². The number of methoxy groups -OCH3 is 2. The fourth-order valence-corrected chi connectivity index (χ4v) is 2.29. The number of aromatic hydroxyl groups is 2. The molecule has 3 aromatic rings. The van der Waals surface area contributed by atoms with Crippen LogP contribution in [0.2, 0.25) is 0 Å². The van der Waals surface area contributed by atoms with Crippen LogP contribution < -0.4 is 5.56 Å². The summed E-state index contributed by atoms with van der Waals surface area (Å²) in [4.78, 5) is 32.0. The predicted octanol–water partition coefficient (Wildman–Crippen LogP) is 2.80. The maximum absolute atomic E-state index is 10.8. The molecule has 0 saturated heterocycles. The molecule has 0 saturated carbocycles. The lowest BCUT2D eigenvalue weighted by molar-refractivity contribution is 0.0592. The number of hydrogen-bond donors (Lipinski definition) is 2. The number of carbonyl (C=O) groups excluding carboxylic acids is 2. The number of phenolic OH excluding ortho intramolecular Hbond substituents is 2. The number of ether oxygens (including phenoxy) is 2. The van der Waals surface area contributed by atoms with E-state index >= 15 is 0 Å². The van der Waals surface area contributed by atoms with Crippen LogP contribution >= 0.6 is 11.5 Å². The van der Waals surface area contributed by atoms with E-state index in [1.807, 2.05) is 0 Å². The summed E-state index contributed by atoms with van der Waals surface area (Å²) >= 11 is 1.41. The first-order valence-electron chi connectivity index (χ1n) is 8.14. The van der Waals surface area contributed by atoms with Crippen molar-refractivity contribution in [3.63, 3.8) is 0 Å². The van der Waals surface area contributed by atoms with Gasteiger partial charge in [0.2, 0.25) is 0 Å². The minimum Gasteiger partial charge on any atom is -0.508 e. The summed E-state index contributed by atoms with van der Waals surface area (Å²) in [5.41, 5.74) is 0.945. The maximum Gasteiger partial charge on any atom is 0.337 e. The first-order chi connectivity index (χ1) is 13.8. The van der Waals surface area contributed by atoms with Crippen molar-refractivity contribution in [2.45, 2.75) is 0 Å². The number of esters is 2. The van der Waals surface area contributed by atoms with Crippen molar-refractivity contribution in [3.8, 4) is 11.5 Å². The Kier molecular flexibility index (Phi) is 9.69. The van der Waals surface area contributed by atoms with Gasteiger partial charge in [-0.1, -0.05) is 11.5 Å². The van der Waals surface area contributed by atoms with Crippen LogP contribution in [0.1, 0.15) is 20.7 Å². The number of phenols is 2. The van der Waals surface area contributed by atoms with Gasteiger partial charge in [0.15, 0.2) is 0 Å². The van der Waals surface area contributed by atoms with Gasteiger partial charge in [-0.05, 0) is 48.5 Å². The normalized spacial score (nSPS) is 9.21. The summed E-state index contributed by atoms with van der Waals surface area (Å²) in [5, 5.41) is 19.5. The average Bonchev–Trinajstić information content (AvgIpc) is 3.11. The minimum absolute atomic E-state index is 0.0741. The van der Waals surface area contributed by atoms with Crippen LogP contribution in [-0.2, 0) is 16.5 Å². The molecule has 0 amide bonds. The molecule has 0 aliphatic carbocycles. The number of benzene rings is 2. The van der Waals surface area contributed by atoms with Crippen LogP contribution in [0.4, 0.5) is 0 Å². The van der Waals surface area contributed by atoms with Gasteiger partial charge < -0.3 is 19.7 Å². The Hall–Kier alpha value is -3.59. The van der Waals surface area contributed by atoms with Crippen molar-refractivity contribution in [1.82, 2.24) is 3.96 Å². The molecule has 0 atom stereocenters. The van der Waals surface area contributed by atoms with E-state index in [1.165, 1.54) is 74.3 Å². The third-order valence-corrected chi connectivity index (χ3v) is 4.07. The molecular formula is C20H21NO7S. The van der Waals surface area contributed by atoms with Crippen molar-refractivity contribution < 1.29 is 29.3 Å². The van der Waals surface area contributed by atoms with E-state index in [-0.39, 0.29) is 17.1 Å². The van der Waals surface area contributed by atoms with Crippen LogP contribution in [0.25, 0.3) is 0 Å². The Balaban J connectivity index is 0.000000223. The molecule has 1 heterocycles. The molecule has 2 aromatic carbocycles. The van der Waals surface area contributed by atoms with Gasteiger partial charge in [0.1, 0.15) is 11.5 Å². The summed E-state index contributed by atoms with van der Waals surface area (Å²) in [6.07, 6.45) is 0. The minimum atomic E-state index is -0.398. The molecule has 154 valence electrons. The van der Waals surface area contributed by atoms with Crippen molar-refractivity contribution in [2.24, 2.45) is 7.05 Å². The van der Waals surface area contributed by atoms with E-state index in [1.54, 1.807) is 22.5 Å². The summed E-state index contributed by atoms with van der Waals surface area (Å²) in [6.45, 7) is 0. The van der Waals surface area contributed by atoms with E-state index in [0.717, 1.165) is 0 Å². The summed E-state index contributed by atoms with van der Waals surface area (Å²) in [5.74, 6) is -0.523. The second kappa shape index (κ2) is 12.0. The van der Waals surface area contributed by atoms with Gasteiger partial charge in [-0.3, -0.25) is 8.75 Å². The average molecular weight is 419 g/mol. The van der Waals surface area contributed by atoms with Gasteiger partial charge in [-0.25, -0.2) is 9.59 Å². The molecule has 0 spiro atoms. The number of hydrogen-bond acceptors (Lipinski definition) is 8. The van der Waals surface area contributed by atoms with Crippen LogP contribution in [0.3, 0.4) is 0 Å². The zero-order valence-corrected chi connectivity index (χ0v) is 16.9. The second-order valence-corrected chi connectivity index (χ2v) is 6.35. The van der Waals surface area contributed by atoms with E-state index in [0.29, 0.717) is 11.1 Å². The Morgan fingerprint density at radius 3 is 1.38 bits per heavy atom. The highest BCUT2D eigenvalue weighted by atomic mass is 32.1. The Labute approximate surface area is 171 Å². The Morgan fingerprint density at radius 2 is 1.17 bits per heavy atom. The molecule has 9 heteroatoms. The van der Waals surface area contributed by atoms with E-state index < -0.39 is 11.9 Å². The lowest BCUT2D eigenvalue weighted by Gasteiger charge is -1.97. The summed E-state index contributed by atoms with van der Waals surface area (Å²) < 4.78 is 10.5. The van der Waals surface area contributed by atoms with E-state index in [4.69, 9.17) is 10.2 Å². The van der Waals surface area contributed by atoms with Crippen molar-refractivity contribution >= 4 is 23.5 Å². The smallest absolute Gasteiger partial charge is 0.337 e. The molecule has 0 unspecified atom stereocenters. The molecule has 29 heavy (non-hydrogen) atoms. The molecule has 3 rings (SSSR count). The van der Waals surface area contributed by atoms with Crippen LogP contribution in [0.5, 0.6) is 11.5 Å². The fourth-order valence-electron chi connectivity index (χ4n) is 1.77. The van der Waals surface area contributed by atoms with Gasteiger partial charge in [-0.2, -0.15) is 0 Å². The first-order valence-corrected chi connectivity index (χ1v) is 8.97. The van der Waals surface area contributed by atoms with Crippen molar-refractivity contribution in [3.05, 3.63) is 81.5 Å². The molecular weight excluding hydrogens is 398 g/mol. The first kappa shape index (κ1) is 23.4. The quantitative estimate of drug-likeness (QED) is 0.614. The van der Waals surface area contributed by atoms with Crippen LogP contribution in [-0.4, -0.2) is 40.3 Å². The maximum atomic E-state index is 10.8. The van der Waals surface area contributed by atoms with Gasteiger partial charge in [0, 0.05) is 18.5 Å². The summed E-state index contributed by atoms with van der Waals surface area (Å²) in [6, 6.07) is 13.3. The monoisotopic (exact) mass is 419 g/mol. The highest BCUT2D eigenvalue weighted by Crippen LogP contribution is 2.10. The highest BCUT2D eigenvalue weighted by molar-refractivity contribution is 7.04. The van der Waals surface area contributed by atoms with E-state index in [9.17, 15) is 14.4 Å². The Bertz CT molecular complexity index is 902. The molecule has 0 fully saturated rings. The molecule has 0 bridgehead atoms. The zero-order valence-electron chi connectivity index (χ0n) is 16.1. The lowest BCUT2D eigenvalue weighted by atomic mass is 10.2. The van der Waals surface area contributed by atoms with E-state index in [2.05, 4.69) is 9.47 Å². The molecule has 0 aliphatic heterocycles. The fraction of sp³-hybridized carbons (Fsp3) is 0.150. The largest absolute Gasteiger partial charge is 0.508 e. The Morgan fingerprint density at radius 1 is 0.793 bits per heavy atom. The number of aryl methyl sites for hydroxylation is 1. The third kappa shape index (κ3) is 8.31. The standard InChI is InChI=1S/2C8H8O3.C4H5NOS/c2*1-11-8(10)6-2-4-7(9)5-3-6;1-5-4(6)2-3-7-5/h2*2-5,9H,1H3;2-3H,1H3. The molecule has 8 nitrogen and oxygen atoms in total. The van der Waals surface area contributed by atoms with Gasteiger partial charge in [-0.15, -0.1) is 0 Å². The predicted molar refractivity (Wildman–Crippen MR) is 108 cm³/mol. The van der Waals surface area contributed by atoms with Crippen molar-refractivity contribution in [1.29, 1.82) is 0 Å². The molecule has 2 N–H and O–H groups in total. The van der Waals surface area contributed by atoms with Crippen molar-refractivity contribution in [2.75, 3.05) is 14.2 Å². The number of nitrogens with zero attached hydrogens (tertiary/aromatic N) is 1.